The molecule has 1 unspecified atom stereocenters. The SMILES string of the molecule is CC/C=C\C/C=C\C/C=C\C/C=C\CCCCC(=O)OCC(COCCCCCCCCCC/C=C\C/C=C\C/C=C\CC)OC(=O)CCCCCCC/C=C\CCCC. The first-order valence-corrected chi connectivity index (χ1v) is 24.8. The van der Waals surface area contributed by atoms with Crippen molar-refractivity contribution in [1.29, 1.82) is 0 Å². The third kappa shape index (κ3) is 47.5. The maximum atomic E-state index is 12.7. The molecule has 0 aliphatic heterocycles. The number of carbonyl (C=O) groups excluding carboxylic acids is 2. The van der Waals surface area contributed by atoms with Gasteiger partial charge in [-0.1, -0.05) is 189 Å². The molecule has 0 aliphatic rings. The van der Waals surface area contributed by atoms with Crippen LogP contribution in [-0.2, 0) is 23.8 Å². The molecule has 0 saturated carbocycles. The van der Waals surface area contributed by atoms with Crippen molar-refractivity contribution >= 4 is 11.9 Å². The van der Waals surface area contributed by atoms with Gasteiger partial charge < -0.3 is 14.2 Å². The Bertz CT molecular complexity index is 1170. The summed E-state index contributed by atoms with van der Waals surface area (Å²) in [5, 5.41) is 0. The van der Waals surface area contributed by atoms with Crippen LogP contribution in [0.1, 0.15) is 213 Å². The highest BCUT2D eigenvalue weighted by Crippen LogP contribution is 2.13. The van der Waals surface area contributed by atoms with Crippen LogP contribution >= 0.6 is 0 Å². The lowest BCUT2D eigenvalue weighted by Gasteiger charge is -2.18. The summed E-state index contributed by atoms with van der Waals surface area (Å²) in [5.74, 6) is -0.465. The molecule has 0 aliphatic carbocycles. The minimum atomic E-state index is -0.565. The van der Waals surface area contributed by atoms with Gasteiger partial charge in [0, 0.05) is 19.4 Å². The van der Waals surface area contributed by atoms with E-state index in [-0.39, 0.29) is 25.2 Å². The molecular formula is C55H92O5. The fourth-order valence-corrected chi connectivity index (χ4v) is 6.44. The molecule has 0 aromatic carbocycles. The first kappa shape index (κ1) is 56.8. The zero-order valence-corrected chi connectivity index (χ0v) is 39.2. The van der Waals surface area contributed by atoms with Crippen molar-refractivity contribution in [2.75, 3.05) is 19.8 Å². The van der Waals surface area contributed by atoms with Crippen LogP contribution in [0.2, 0.25) is 0 Å². The van der Waals surface area contributed by atoms with Gasteiger partial charge in [-0.3, -0.25) is 9.59 Å². The molecule has 0 bridgehead atoms. The van der Waals surface area contributed by atoms with Crippen LogP contribution < -0.4 is 0 Å². The summed E-state index contributed by atoms with van der Waals surface area (Å²) in [6.45, 7) is 7.49. The van der Waals surface area contributed by atoms with Crippen molar-refractivity contribution in [3.8, 4) is 0 Å². The zero-order chi connectivity index (χ0) is 43.5. The Balaban J connectivity index is 4.33. The molecule has 60 heavy (non-hydrogen) atoms. The largest absolute Gasteiger partial charge is 0.462 e. The van der Waals surface area contributed by atoms with Crippen LogP contribution in [0, 0.1) is 0 Å². The second-order valence-electron chi connectivity index (χ2n) is 15.9. The first-order valence-electron chi connectivity index (χ1n) is 24.8. The number of ether oxygens (including phenoxy) is 3. The van der Waals surface area contributed by atoms with E-state index >= 15 is 0 Å². The van der Waals surface area contributed by atoms with E-state index in [0.29, 0.717) is 19.4 Å². The molecule has 0 rings (SSSR count). The zero-order valence-electron chi connectivity index (χ0n) is 39.2. The van der Waals surface area contributed by atoms with Crippen LogP contribution in [0.4, 0.5) is 0 Å². The molecule has 0 radical (unpaired) electrons. The molecule has 0 saturated heterocycles. The number of hydrogen-bond acceptors (Lipinski definition) is 5. The Morgan fingerprint density at radius 1 is 0.383 bits per heavy atom. The lowest BCUT2D eigenvalue weighted by atomic mass is 10.1. The molecular weight excluding hydrogens is 741 g/mol. The highest BCUT2D eigenvalue weighted by Gasteiger charge is 2.17. The summed E-state index contributed by atoms with van der Waals surface area (Å²) in [6, 6.07) is 0. The number of unbranched alkanes of at least 4 members (excludes halogenated alkanes) is 17. The van der Waals surface area contributed by atoms with E-state index in [9.17, 15) is 9.59 Å². The van der Waals surface area contributed by atoms with Gasteiger partial charge in [0.25, 0.3) is 0 Å². The molecule has 0 amide bonds. The van der Waals surface area contributed by atoms with Crippen LogP contribution in [0.25, 0.3) is 0 Å². The molecule has 0 aromatic heterocycles. The second kappa shape index (κ2) is 50.2. The average molecular weight is 833 g/mol. The van der Waals surface area contributed by atoms with Gasteiger partial charge in [-0.25, -0.2) is 0 Å². The first-order chi connectivity index (χ1) is 29.6. The highest BCUT2D eigenvalue weighted by atomic mass is 16.6. The minimum absolute atomic E-state index is 0.0526. The summed E-state index contributed by atoms with van der Waals surface area (Å²) < 4.78 is 17.3. The van der Waals surface area contributed by atoms with E-state index in [1.165, 1.54) is 77.0 Å². The summed E-state index contributed by atoms with van der Waals surface area (Å²) >= 11 is 0. The number of rotatable bonds is 44. The van der Waals surface area contributed by atoms with Gasteiger partial charge in [-0.05, 0) is 109 Å². The molecule has 0 fully saturated rings. The standard InChI is InChI=1S/C55H92O5/c1-4-7-10-13-16-19-22-24-26-27-28-30-32-35-38-41-44-47-50-58-51-53(60-55(57)49-46-43-40-37-33-21-18-15-12-9-6-3)52-59-54(56)48-45-42-39-36-34-31-29-25-23-20-17-14-11-8-5-2/h7-8,10-11,15-20,24-26,29,34,36,53H,4-6,9,12-14,21-23,27-28,30-33,35,37-52H2,1-3H3/b10-7-,11-8-,18-15-,19-16-,20-17-,26-24-,29-25-,36-34-. The lowest BCUT2D eigenvalue weighted by Crippen LogP contribution is -2.30. The molecule has 0 heterocycles. The number of hydrogen-bond donors (Lipinski definition) is 0. The van der Waals surface area contributed by atoms with Crippen LogP contribution in [0.3, 0.4) is 0 Å². The molecule has 0 spiro atoms. The van der Waals surface area contributed by atoms with Gasteiger partial charge in [0.05, 0.1) is 6.61 Å². The fourth-order valence-electron chi connectivity index (χ4n) is 6.44. The molecule has 5 nitrogen and oxygen atoms in total. The van der Waals surface area contributed by atoms with Crippen LogP contribution in [0.15, 0.2) is 97.2 Å². The van der Waals surface area contributed by atoms with Crippen LogP contribution in [-0.4, -0.2) is 37.9 Å². The lowest BCUT2D eigenvalue weighted by molar-refractivity contribution is -0.163. The molecule has 5 heteroatoms. The van der Waals surface area contributed by atoms with E-state index < -0.39 is 6.10 Å². The minimum Gasteiger partial charge on any atom is -0.462 e. The molecule has 1 atom stereocenters. The van der Waals surface area contributed by atoms with Crippen molar-refractivity contribution in [3.05, 3.63) is 97.2 Å². The third-order valence-corrected chi connectivity index (χ3v) is 10.1. The molecule has 0 aromatic rings. The van der Waals surface area contributed by atoms with E-state index in [1.54, 1.807) is 0 Å². The molecule has 342 valence electrons. The van der Waals surface area contributed by atoms with Gasteiger partial charge >= 0.3 is 11.9 Å². The monoisotopic (exact) mass is 833 g/mol. The molecule has 0 N–H and O–H groups in total. The Hall–Kier alpha value is -3.18. The average Bonchev–Trinajstić information content (AvgIpc) is 3.25. The Labute approximate surface area is 371 Å². The Morgan fingerprint density at radius 2 is 0.750 bits per heavy atom. The Morgan fingerprint density at radius 3 is 1.25 bits per heavy atom. The van der Waals surface area contributed by atoms with Gasteiger partial charge in [-0.15, -0.1) is 0 Å². The predicted octanol–water partition coefficient (Wildman–Crippen LogP) is 16.7. The van der Waals surface area contributed by atoms with Gasteiger partial charge in [-0.2, -0.15) is 0 Å². The van der Waals surface area contributed by atoms with E-state index in [4.69, 9.17) is 14.2 Å². The quantitative estimate of drug-likeness (QED) is 0.0348. The fraction of sp³-hybridized carbons (Fsp3) is 0.673. The van der Waals surface area contributed by atoms with Gasteiger partial charge in [0.2, 0.25) is 0 Å². The summed E-state index contributed by atoms with van der Waals surface area (Å²) in [4.78, 5) is 25.3. The van der Waals surface area contributed by atoms with Crippen molar-refractivity contribution in [2.45, 2.75) is 219 Å². The van der Waals surface area contributed by atoms with E-state index in [2.05, 4.69) is 118 Å². The second-order valence-corrected chi connectivity index (χ2v) is 15.9. The van der Waals surface area contributed by atoms with Gasteiger partial charge in [0.1, 0.15) is 6.61 Å². The highest BCUT2D eigenvalue weighted by molar-refractivity contribution is 5.70. The van der Waals surface area contributed by atoms with Crippen molar-refractivity contribution in [1.82, 2.24) is 0 Å². The maximum absolute atomic E-state index is 12.7. The number of allylic oxidation sites excluding steroid dienone is 16. The normalized spacial score (nSPS) is 13.1. The van der Waals surface area contributed by atoms with Crippen LogP contribution in [0.5, 0.6) is 0 Å². The van der Waals surface area contributed by atoms with E-state index in [1.807, 2.05) is 0 Å². The van der Waals surface area contributed by atoms with Crippen molar-refractivity contribution in [3.63, 3.8) is 0 Å². The summed E-state index contributed by atoms with van der Waals surface area (Å²) in [6.07, 6.45) is 67.0. The number of carbonyl (C=O) groups is 2. The van der Waals surface area contributed by atoms with E-state index in [0.717, 1.165) is 103 Å². The summed E-state index contributed by atoms with van der Waals surface area (Å²) in [7, 11) is 0. The van der Waals surface area contributed by atoms with Gasteiger partial charge in [0.15, 0.2) is 6.10 Å². The predicted molar refractivity (Wildman–Crippen MR) is 260 cm³/mol. The Kier molecular flexibility index (Phi) is 47.5. The third-order valence-electron chi connectivity index (χ3n) is 10.1. The smallest absolute Gasteiger partial charge is 0.306 e. The van der Waals surface area contributed by atoms with Crippen molar-refractivity contribution in [2.24, 2.45) is 0 Å². The topological polar surface area (TPSA) is 61.8 Å². The number of esters is 2. The summed E-state index contributed by atoms with van der Waals surface area (Å²) in [5.41, 5.74) is 0. The maximum Gasteiger partial charge on any atom is 0.306 e. The van der Waals surface area contributed by atoms with Crippen molar-refractivity contribution < 1.29 is 23.8 Å².